The molecule has 2 aromatic carbocycles. The van der Waals surface area contributed by atoms with Crippen LogP contribution in [0.4, 0.5) is 0 Å². The number of aliphatic hydroxyl groups is 1. The van der Waals surface area contributed by atoms with Crippen LogP contribution in [0.25, 0.3) is 22.9 Å². The summed E-state index contributed by atoms with van der Waals surface area (Å²) in [5.74, 6) is 1.14. The Morgan fingerprint density at radius 1 is 1.02 bits per heavy atom. The number of nitrogens with zero attached hydrogens (tertiary/aromatic N) is 5. The normalized spacial score (nSPS) is 17.0. The van der Waals surface area contributed by atoms with Crippen molar-refractivity contribution in [2.75, 3.05) is 45.9 Å². The third-order valence-corrected chi connectivity index (χ3v) is 8.34. The van der Waals surface area contributed by atoms with Crippen LogP contribution in [0.3, 0.4) is 0 Å². The molecule has 3 aliphatic rings. The third-order valence-electron chi connectivity index (χ3n) is 8.34. The van der Waals surface area contributed by atoms with Crippen LogP contribution in [0.1, 0.15) is 48.1 Å². The molecule has 0 atom stereocenters. The standard InChI is InChI=1S/C33H35N5O4/c34-20-26-17-24(5-8-31(26)42-28-9-13-38(14-10-28)32(40)21-39)33-29-18-25(19-30(29)35-22-36-33)23-3-6-27(7-4-23)41-16-15-37-11-1-2-12-37/h3-8,17-18,22,28,39H,1-2,9-16,19,21H2. The number of aromatic nitrogens is 2. The average molecular weight is 566 g/mol. The first kappa shape index (κ1) is 27.9. The molecule has 1 N–H and O–H groups in total. The number of aliphatic hydroxyl groups excluding tert-OH is 1. The van der Waals surface area contributed by atoms with Gasteiger partial charge in [-0.25, -0.2) is 9.97 Å². The summed E-state index contributed by atoms with van der Waals surface area (Å²) in [6.07, 6.45) is 8.22. The third kappa shape index (κ3) is 6.15. The van der Waals surface area contributed by atoms with Crippen LogP contribution < -0.4 is 9.47 Å². The van der Waals surface area contributed by atoms with Crippen molar-refractivity contribution in [3.63, 3.8) is 0 Å². The Hall–Kier alpha value is -4.26. The molecule has 0 radical (unpaired) electrons. The number of carbonyl (C=O) groups excluding carboxylic acids is 1. The number of nitriles is 1. The maximum atomic E-state index is 11.7. The van der Waals surface area contributed by atoms with Gasteiger partial charge < -0.3 is 19.5 Å². The Bertz CT molecular complexity index is 1500. The number of hydrogen-bond donors (Lipinski definition) is 1. The number of ether oxygens (including phenoxy) is 2. The molecule has 1 aromatic heterocycles. The average Bonchev–Trinajstić information content (AvgIpc) is 3.72. The highest BCUT2D eigenvalue weighted by molar-refractivity contribution is 5.92. The largest absolute Gasteiger partial charge is 0.492 e. The Morgan fingerprint density at radius 2 is 1.79 bits per heavy atom. The summed E-state index contributed by atoms with van der Waals surface area (Å²) in [5.41, 5.74) is 6.29. The molecule has 1 aliphatic carbocycles. The molecule has 3 heterocycles. The first-order valence-corrected chi connectivity index (χ1v) is 14.7. The molecule has 0 saturated carbocycles. The maximum absolute atomic E-state index is 11.7. The van der Waals surface area contributed by atoms with E-state index in [1.807, 2.05) is 30.3 Å². The van der Waals surface area contributed by atoms with Crippen molar-refractivity contribution in [2.45, 2.75) is 38.2 Å². The first-order valence-electron chi connectivity index (χ1n) is 14.7. The molecular formula is C33H35N5O4. The molecule has 0 spiro atoms. The number of rotatable bonds is 9. The van der Waals surface area contributed by atoms with Crippen molar-refractivity contribution < 1.29 is 19.4 Å². The summed E-state index contributed by atoms with van der Waals surface area (Å²) >= 11 is 0. The van der Waals surface area contributed by atoms with Crippen molar-refractivity contribution in [3.8, 4) is 28.8 Å². The number of allylic oxidation sites excluding steroid dienone is 1. The molecule has 3 aromatic rings. The minimum Gasteiger partial charge on any atom is -0.492 e. The number of piperidine rings is 1. The topological polar surface area (TPSA) is 112 Å². The first-order chi connectivity index (χ1) is 20.6. The second-order valence-electron chi connectivity index (χ2n) is 11.0. The lowest BCUT2D eigenvalue weighted by Gasteiger charge is -2.32. The van der Waals surface area contributed by atoms with Crippen molar-refractivity contribution in [3.05, 3.63) is 71.2 Å². The van der Waals surface area contributed by atoms with Gasteiger partial charge in [0.1, 0.15) is 43.2 Å². The number of benzene rings is 2. The van der Waals surface area contributed by atoms with E-state index >= 15 is 0 Å². The monoisotopic (exact) mass is 565 g/mol. The lowest BCUT2D eigenvalue weighted by atomic mass is 10.0. The van der Waals surface area contributed by atoms with Gasteiger partial charge in [-0.15, -0.1) is 0 Å². The van der Waals surface area contributed by atoms with Gasteiger partial charge in [-0.05, 0) is 73.5 Å². The highest BCUT2D eigenvalue weighted by Crippen LogP contribution is 2.37. The van der Waals surface area contributed by atoms with E-state index in [1.54, 1.807) is 11.2 Å². The number of amides is 1. The van der Waals surface area contributed by atoms with Gasteiger partial charge in [-0.1, -0.05) is 12.1 Å². The molecule has 6 rings (SSSR count). The van der Waals surface area contributed by atoms with Gasteiger partial charge in [0.25, 0.3) is 0 Å². The van der Waals surface area contributed by atoms with E-state index in [4.69, 9.17) is 14.6 Å². The van der Waals surface area contributed by atoms with Crippen LogP contribution in [0.2, 0.25) is 0 Å². The number of carbonyl (C=O) groups is 1. The fraction of sp³-hybridized carbons (Fsp3) is 0.394. The fourth-order valence-corrected chi connectivity index (χ4v) is 5.98. The van der Waals surface area contributed by atoms with Gasteiger partial charge >= 0.3 is 0 Å². The van der Waals surface area contributed by atoms with E-state index in [-0.39, 0.29) is 12.0 Å². The molecule has 1 amide bonds. The zero-order valence-electron chi connectivity index (χ0n) is 23.7. The summed E-state index contributed by atoms with van der Waals surface area (Å²) < 4.78 is 12.2. The Labute approximate surface area is 246 Å². The van der Waals surface area contributed by atoms with Crippen LogP contribution in [0, 0.1) is 11.3 Å². The van der Waals surface area contributed by atoms with Gasteiger partial charge in [0.2, 0.25) is 5.91 Å². The summed E-state index contributed by atoms with van der Waals surface area (Å²) in [4.78, 5) is 25.0. The Kier molecular flexibility index (Phi) is 8.45. The molecule has 2 fully saturated rings. The van der Waals surface area contributed by atoms with Crippen molar-refractivity contribution in [1.82, 2.24) is 19.8 Å². The number of hydrogen-bond acceptors (Lipinski definition) is 8. The molecule has 9 nitrogen and oxygen atoms in total. The van der Waals surface area contributed by atoms with Crippen molar-refractivity contribution >= 4 is 17.6 Å². The molecule has 0 unspecified atom stereocenters. The van der Waals surface area contributed by atoms with Crippen LogP contribution in [-0.2, 0) is 11.2 Å². The van der Waals surface area contributed by atoms with Crippen molar-refractivity contribution in [1.29, 1.82) is 5.26 Å². The van der Waals surface area contributed by atoms with E-state index in [2.05, 4.69) is 39.1 Å². The summed E-state index contributed by atoms with van der Waals surface area (Å²) in [7, 11) is 0. The zero-order valence-corrected chi connectivity index (χ0v) is 23.7. The quantitative estimate of drug-likeness (QED) is 0.415. The Morgan fingerprint density at radius 3 is 2.52 bits per heavy atom. The predicted molar refractivity (Wildman–Crippen MR) is 159 cm³/mol. The van der Waals surface area contributed by atoms with Gasteiger partial charge in [0.15, 0.2) is 0 Å². The van der Waals surface area contributed by atoms with Gasteiger partial charge in [0.05, 0.1) is 17.0 Å². The lowest BCUT2D eigenvalue weighted by Crippen LogP contribution is -2.42. The van der Waals surface area contributed by atoms with E-state index in [1.165, 1.54) is 31.5 Å². The molecule has 2 saturated heterocycles. The molecular weight excluding hydrogens is 530 g/mol. The minimum atomic E-state index is -0.477. The van der Waals surface area contributed by atoms with Gasteiger partial charge in [0, 0.05) is 50.0 Å². The van der Waals surface area contributed by atoms with Crippen LogP contribution in [-0.4, -0.2) is 82.8 Å². The highest BCUT2D eigenvalue weighted by Gasteiger charge is 2.25. The molecule has 0 bridgehead atoms. The Balaban J connectivity index is 1.13. The van der Waals surface area contributed by atoms with Crippen molar-refractivity contribution in [2.24, 2.45) is 0 Å². The zero-order chi connectivity index (χ0) is 28.9. The SMILES string of the molecule is N#Cc1cc(-c2ncnc3c2C=C(c2ccc(OCCN4CCCC4)cc2)C3)ccc1OC1CCN(C(=O)CO)CC1. The van der Waals surface area contributed by atoms with E-state index < -0.39 is 6.61 Å². The van der Waals surface area contributed by atoms with Crippen LogP contribution >= 0.6 is 0 Å². The lowest BCUT2D eigenvalue weighted by molar-refractivity contribution is -0.135. The second kappa shape index (κ2) is 12.7. The summed E-state index contributed by atoms with van der Waals surface area (Å²) in [6, 6.07) is 16.1. The van der Waals surface area contributed by atoms with Crippen LogP contribution in [0.15, 0.2) is 48.8 Å². The van der Waals surface area contributed by atoms with E-state index in [9.17, 15) is 10.1 Å². The van der Waals surface area contributed by atoms with E-state index in [0.29, 0.717) is 50.3 Å². The van der Waals surface area contributed by atoms with Gasteiger partial charge in [-0.2, -0.15) is 5.26 Å². The molecule has 9 heteroatoms. The summed E-state index contributed by atoms with van der Waals surface area (Å²) in [5, 5.41) is 19.0. The minimum absolute atomic E-state index is 0.0960. The molecule has 2 aliphatic heterocycles. The molecule has 42 heavy (non-hydrogen) atoms. The fourth-order valence-electron chi connectivity index (χ4n) is 5.98. The van der Waals surface area contributed by atoms with Crippen LogP contribution in [0.5, 0.6) is 11.5 Å². The maximum Gasteiger partial charge on any atom is 0.248 e. The van der Waals surface area contributed by atoms with Gasteiger partial charge in [-0.3, -0.25) is 9.69 Å². The highest BCUT2D eigenvalue weighted by atomic mass is 16.5. The predicted octanol–water partition coefficient (Wildman–Crippen LogP) is 3.95. The van der Waals surface area contributed by atoms with E-state index in [0.717, 1.165) is 40.4 Å². The number of fused-ring (bicyclic) bond motifs is 1. The smallest absolute Gasteiger partial charge is 0.248 e. The molecule has 216 valence electrons. The number of likely N-dealkylation sites (tertiary alicyclic amines) is 2. The summed E-state index contributed by atoms with van der Waals surface area (Å²) in [6.45, 7) is 4.60. The second-order valence-corrected chi connectivity index (χ2v) is 11.0.